The molecule has 2 aromatic rings. The number of ether oxygens (including phenoxy) is 1. The third-order valence-electron chi connectivity index (χ3n) is 6.63. The summed E-state index contributed by atoms with van der Waals surface area (Å²) < 4.78 is 6.08. The summed E-state index contributed by atoms with van der Waals surface area (Å²) in [7, 11) is 0. The second kappa shape index (κ2) is 9.18. The van der Waals surface area contributed by atoms with E-state index in [1.807, 2.05) is 62.2 Å². The number of hydrogen-bond donors (Lipinski definition) is 1. The zero-order valence-electron chi connectivity index (χ0n) is 19.1. The van der Waals surface area contributed by atoms with E-state index in [1.165, 1.54) is 5.56 Å². The maximum Gasteiger partial charge on any atom is 0.321 e. The largest absolute Gasteiger partial charge is 0.489 e. The Hall–Kier alpha value is -3.09. The van der Waals surface area contributed by atoms with Gasteiger partial charge in [-0.05, 0) is 42.3 Å². The standard InChI is InChI=1S/C25H32N4O3/c1-4-25(2,3)23(30)28-13-11-22(17-28)32-21-9-7-20(8-10-21)27-24(31)29-15-19(16-29)18-6-5-12-26-14-18/h5-10,12,14,19,22H,4,11,13,15-17H2,1-3H3,(H,27,31)/t22-/m1/s1. The molecular weight excluding hydrogens is 404 g/mol. The van der Waals surface area contributed by atoms with Crippen LogP contribution in [-0.2, 0) is 4.79 Å². The highest BCUT2D eigenvalue weighted by molar-refractivity contribution is 5.90. The van der Waals surface area contributed by atoms with Gasteiger partial charge in [0.15, 0.2) is 0 Å². The number of nitrogens with zero attached hydrogens (tertiary/aromatic N) is 3. The molecular formula is C25H32N4O3. The molecule has 7 nitrogen and oxygen atoms in total. The summed E-state index contributed by atoms with van der Waals surface area (Å²) in [6.45, 7) is 8.79. The number of carbonyl (C=O) groups is 2. The SMILES string of the molecule is CCC(C)(C)C(=O)N1CC[C@@H](Oc2ccc(NC(=O)N3CC(c4cccnc4)C3)cc2)C1. The monoisotopic (exact) mass is 436 g/mol. The molecule has 0 spiro atoms. The summed E-state index contributed by atoms with van der Waals surface area (Å²) in [6.07, 6.45) is 5.27. The van der Waals surface area contributed by atoms with Crippen LogP contribution in [0.25, 0.3) is 0 Å². The third-order valence-corrected chi connectivity index (χ3v) is 6.63. The van der Waals surface area contributed by atoms with Crippen molar-refractivity contribution in [2.45, 2.75) is 45.6 Å². The molecule has 0 radical (unpaired) electrons. The lowest BCUT2D eigenvalue weighted by Gasteiger charge is -2.39. The molecule has 4 rings (SSSR count). The van der Waals surface area contributed by atoms with Crippen molar-refractivity contribution < 1.29 is 14.3 Å². The number of urea groups is 1. The number of pyridine rings is 1. The van der Waals surface area contributed by atoms with E-state index < -0.39 is 0 Å². The molecule has 7 heteroatoms. The Balaban J connectivity index is 1.24. The lowest BCUT2D eigenvalue weighted by atomic mass is 9.89. The second-order valence-electron chi connectivity index (χ2n) is 9.36. The third kappa shape index (κ3) is 4.87. The van der Waals surface area contributed by atoms with Crippen molar-refractivity contribution in [2.75, 3.05) is 31.5 Å². The van der Waals surface area contributed by atoms with Crippen LogP contribution in [0.5, 0.6) is 5.75 Å². The first-order valence-electron chi connectivity index (χ1n) is 11.4. The molecule has 0 bridgehead atoms. The van der Waals surface area contributed by atoms with Crippen LogP contribution in [0.4, 0.5) is 10.5 Å². The maximum absolute atomic E-state index is 12.7. The van der Waals surface area contributed by atoms with Crippen LogP contribution in [0.3, 0.4) is 0 Å². The van der Waals surface area contributed by atoms with E-state index in [2.05, 4.69) is 16.4 Å². The number of benzene rings is 1. The lowest BCUT2D eigenvalue weighted by molar-refractivity contribution is -0.139. The minimum absolute atomic E-state index is 0.00227. The Morgan fingerprint density at radius 2 is 1.88 bits per heavy atom. The summed E-state index contributed by atoms with van der Waals surface area (Å²) in [4.78, 5) is 33.0. The smallest absolute Gasteiger partial charge is 0.321 e. The van der Waals surface area contributed by atoms with E-state index >= 15 is 0 Å². The van der Waals surface area contributed by atoms with Crippen LogP contribution in [-0.4, -0.2) is 59.0 Å². The van der Waals surface area contributed by atoms with Crippen LogP contribution in [0.2, 0.25) is 0 Å². The van der Waals surface area contributed by atoms with Gasteiger partial charge in [-0.2, -0.15) is 0 Å². The Morgan fingerprint density at radius 3 is 2.53 bits per heavy atom. The highest BCUT2D eigenvalue weighted by Crippen LogP contribution is 2.28. The quantitative estimate of drug-likeness (QED) is 0.739. The van der Waals surface area contributed by atoms with Gasteiger partial charge in [0.1, 0.15) is 11.9 Å². The summed E-state index contributed by atoms with van der Waals surface area (Å²) in [6, 6.07) is 11.3. The van der Waals surface area contributed by atoms with Crippen LogP contribution in [0.15, 0.2) is 48.8 Å². The minimum Gasteiger partial charge on any atom is -0.489 e. The number of rotatable bonds is 6. The van der Waals surface area contributed by atoms with Crippen molar-refractivity contribution >= 4 is 17.6 Å². The second-order valence-corrected chi connectivity index (χ2v) is 9.36. The Morgan fingerprint density at radius 1 is 1.12 bits per heavy atom. The minimum atomic E-state index is -0.330. The zero-order chi connectivity index (χ0) is 22.7. The first-order chi connectivity index (χ1) is 15.4. The molecule has 32 heavy (non-hydrogen) atoms. The number of carbonyl (C=O) groups excluding carboxylic acids is 2. The predicted octanol–water partition coefficient (Wildman–Crippen LogP) is 4.13. The lowest BCUT2D eigenvalue weighted by Crippen LogP contribution is -2.50. The highest BCUT2D eigenvalue weighted by atomic mass is 16.5. The Kier molecular flexibility index (Phi) is 6.35. The molecule has 170 valence electrons. The molecule has 1 aromatic carbocycles. The summed E-state index contributed by atoms with van der Waals surface area (Å²) in [5.41, 5.74) is 1.58. The van der Waals surface area contributed by atoms with Gasteiger partial charge in [0.2, 0.25) is 5.91 Å². The molecule has 1 N–H and O–H groups in total. The maximum atomic E-state index is 12.7. The summed E-state index contributed by atoms with van der Waals surface area (Å²) in [5.74, 6) is 1.30. The number of amides is 3. The van der Waals surface area contributed by atoms with Gasteiger partial charge in [-0.25, -0.2) is 4.79 Å². The number of likely N-dealkylation sites (tertiary alicyclic amines) is 2. The van der Waals surface area contributed by atoms with Crippen LogP contribution in [0, 0.1) is 5.41 Å². The molecule has 1 aromatic heterocycles. The summed E-state index contributed by atoms with van der Waals surface area (Å²) >= 11 is 0. The molecule has 2 fully saturated rings. The molecule has 0 aliphatic carbocycles. The fraction of sp³-hybridized carbons (Fsp3) is 0.480. The van der Waals surface area contributed by atoms with Crippen molar-refractivity contribution in [3.8, 4) is 5.75 Å². The molecule has 2 saturated heterocycles. The van der Waals surface area contributed by atoms with Gasteiger partial charge in [-0.3, -0.25) is 9.78 Å². The van der Waals surface area contributed by atoms with Gasteiger partial charge in [0.05, 0.1) is 6.54 Å². The van der Waals surface area contributed by atoms with Crippen molar-refractivity contribution in [3.05, 3.63) is 54.4 Å². The van der Waals surface area contributed by atoms with Gasteiger partial charge in [0, 0.05) is 55.5 Å². The topological polar surface area (TPSA) is 74.8 Å². The van der Waals surface area contributed by atoms with Crippen LogP contribution >= 0.6 is 0 Å². The van der Waals surface area contributed by atoms with Gasteiger partial charge < -0.3 is 19.9 Å². The van der Waals surface area contributed by atoms with Crippen LogP contribution < -0.4 is 10.1 Å². The average Bonchev–Trinajstić information content (AvgIpc) is 3.22. The Bertz CT molecular complexity index is 939. The van der Waals surface area contributed by atoms with Crippen molar-refractivity contribution in [1.29, 1.82) is 0 Å². The predicted molar refractivity (Wildman–Crippen MR) is 124 cm³/mol. The van der Waals surface area contributed by atoms with E-state index in [0.717, 1.165) is 30.8 Å². The molecule has 2 aliphatic rings. The molecule has 3 heterocycles. The van der Waals surface area contributed by atoms with Gasteiger partial charge in [-0.1, -0.05) is 26.8 Å². The first kappa shape index (κ1) is 22.1. The fourth-order valence-electron chi connectivity index (χ4n) is 4.07. The zero-order valence-corrected chi connectivity index (χ0v) is 19.1. The van der Waals surface area contributed by atoms with Crippen LogP contribution in [0.1, 0.15) is 45.1 Å². The van der Waals surface area contributed by atoms with E-state index in [0.29, 0.717) is 25.6 Å². The van der Waals surface area contributed by atoms with Gasteiger partial charge in [-0.15, -0.1) is 0 Å². The highest BCUT2D eigenvalue weighted by Gasteiger charge is 2.35. The van der Waals surface area contributed by atoms with Crippen molar-refractivity contribution in [2.24, 2.45) is 5.41 Å². The van der Waals surface area contributed by atoms with E-state index in [4.69, 9.17) is 4.74 Å². The van der Waals surface area contributed by atoms with Crippen molar-refractivity contribution in [3.63, 3.8) is 0 Å². The van der Waals surface area contributed by atoms with Crippen molar-refractivity contribution in [1.82, 2.24) is 14.8 Å². The summed E-state index contributed by atoms with van der Waals surface area (Å²) in [5, 5.41) is 2.94. The van der Waals surface area contributed by atoms with Gasteiger partial charge in [0.25, 0.3) is 0 Å². The fourth-order valence-corrected chi connectivity index (χ4v) is 4.07. The van der Waals surface area contributed by atoms with E-state index in [1.54, 1.807) is 11.1 Å². The Labute approximate surface area is 189 Å². The molecule has 3 amide bonds. The first-order valence-corrected chi connectivity index (χ1v) is 11.4. The number of hydrogen-bond acceptors (Lipinski definition) is 4. The normalized spacial score (nSPS) is 18.9. The molecule has 2 aliphatic heterocycles. The molecule has 0 saturated carbocycles. The average molecular weight is 437 g/mol. The number of aromatic nitrogens is 1. The molecule has 0 unspecified atom stereocenters. The van der Waals surface area contributed by atoms with E-state index in [9.17, 15) is 9.59 Å². The molecule has 1 atom stereocenters. The van der Waals surface area contributed by atoms with E-state index in [-0.39, 0.29) is 23.5 Å². The number of anilines is 1. The number of nitrogens with one attached hydrogen (secondary N) is 1. The van der Waals surface area contributed by atoms with Gasteiger partial charge >= 0.3 is 6.03 Å².